The van der Waals surface area contributed by atoms with Gasteiger partial charge in [-0.15, -0.1) is 0 Å². The van der Waals surface area contributed by atoms with E-state index in [1.54, 1.807) is 6.92 Å². The minimum atomic E-state index is -0.601. The van der Waals surface area contributed by atoms with Gasteiger partial charge in [-0.2, -0.15) is 0 Å². The minimum absolute atomic E-state index is 0.0963. The third kappa shape index (κ3) is 2.92. The molecule has 0 spiro atoms. The van der Waals surface area contributed by atoms with Gasteiger partial charge in [0.25, 0.3) is 0 Å². The van der Waals surface area contributed by atoms with Crippen LogP contribution < -0.4 is 16.4 Å². The van der Waals surface area contributed by atoms with Gasteiger partial charge >= 0.3 is 0 Å². The van der Waals surface area contributed by atoms with Crippen molar-refractivity contribution in [2.75, 3.05) is 13.1 Å². The van der Waals surface area contributed by atoms with Crippen LogP contribution in [0.5, 0.6) is 0 Å². The van der Waals surface area contributed by atoms with E-state index in [2.05, 4.69) is 10.6 Å². The predicted molar refractivity (Wildman–Crippen MR) is 57.0 cm³/mol. The molecular weight excluding hydrogens is 194 g/mol. The Bertz CT molecular complexity index is 259. The zero-order valence-electron chi connectivity index (χ0n) is 9.30. The van der Waals surface area contributed by atoms with Gasteiger partial charge in [-0.1, -0.05) is 0 Å². The molecule has 2 amide bonds. The Kier molecular flexibility index (Phi) is 3.68. The minimum Gasteiger partial charge on any atom is -0.368 e. The third-order valence-electron chi connectivity index (χ3n) is 2.92. The molecule has 0 saturated carbocycles. The Morgan fingerprint density at radius 2 is 2.20 bits per heavy atom. The number of nitrogens with two attached hydrogens (primary N) is 1. The maximum absolute atomic E-state index is 11.9. The zero-order valence-corrected chi connectivity index (χ0v) is 9.30. The van der Waals surface area contributed by atoms with Crippen molar-refractivity contribution < 1.29 is 9.59 Å². The smallest absolute Gasteiger partial charge is 0.239 e. The lowest BCUT2D eigenvalue weighted by Crippen LogP contribution is -2.53. The summed E-state index contributed by atoms with van der Waals surface area (Å²) in [7, 11) is 0. The maximum atomic E-state index is 11.9. The van der Waals surface area contributed by atoms with E-state index < -0.39 is 17.4 Å². The van der Waals surface area contributed by atoms with Crippen LogP contribution in [0, 0.1) is 5.41 Å². The van der Waals surface area contributed by atoms with Gasteiger partial charge in [0.15, 0.2) is 0 Å². The van der Waals surface area contributed by atoms with E-state index in [0.717, 1.165) is 19.4 Å². The lowest BCUT2D eigenvalue weighted by atomic mass is 9.82. The van der Waals surface area contributed by atoms with Crippen molar-refractivity contribution in [3.05, 3.63) is 0 Å². The first-order valence-corrected chi connectivity index (χ1v) is 5.27. The fourth-order valence-corrected chi connectivity index (χ4v) is 1.69. The summed E-state index contributed by atoms with van der Waals surface area (Å²) in [6, 6.07) is -0.601. The van der Waals surface area contributed by atoms with Gasteiger partial charge in [0.2, 0.25) is 11.8 Å². The average Bonchev–Trinajstić information content (AvgIpc) is 2.18. The maximum Gasteiger partial charge on any atom is 0.239 e. The molecule has 86 valence electrons. The second-order valence-electron chi connectivity index (χ2n) is 4.44. The van der Waals surface area contributed by atoms with E-state index in [4.69, 9.17) is 5.73 Å². The van der Waals surface area contributed by atoms with Gasteiger partial charge in [-0.3, -0.25) is 9.59 Å². The summed E-state index contributed by atoms with van der Waals surface area (Å²) >= 11 is 0. The third-order valence-corrected chi connectivity index (χ3v) is 2.92. The van der Waals surface area contributed by atoms with Crippen molar-refractivity contribution >= 4 is 11.8 Å². The predicted octanol–water partition coefficient (Wildman–Crippen LogP) is -0.634. The van der Waals surface area contributed by atoms with Crippen LogP contribution in [-0.4, -0.2) is 30.9 Å². The molecule has 5 nitrogen and oxygen atoms in total. The number of hydrogen-bond acceptors (Lipinski definition) is 3. The van der Waals surface area contributed by atoms with Gasteiger partial charge in [0, 0.05) is 6.54 Å². The van der Waals surface area contributed by atoms with Crippen molar-refractivity contribution in [3.8, 4) is 0 Å². The van der Waals surface area contributed by atoms with E-state index in [0.29, 0.717) is 6.54 Å². The molecule has 1 aliphatic heterocycles. The SMILES string of the molecule is CC(NC(=O)C1(C)CCCNC1)C(N)=O. The fourth-order valence-electron chi connectivity index (χ4n) is 1.69. The van der Waals surface area contributed by atoms with Crippen LogP contribution >= 0.6 is 0 Å². The van der Waals surface area contributed by atoms with E-state index in [1.807, 2.05) is 6.92 Å². The first kappa shape index (κ1) is 12.0. The van der Waals surface area contributed by atoms with Gasteiger partial charge in [0.05, 0.1) is 5.41 Å². The Labute approximate surface area is 89.8 Å². The topological polar surface area (TPSA) is 84.2 Å². The Hall–Kier alpha value is -1.10. The highest BCUT2D eigenvalue weighted by molar-refractivity contribution is 5.89. The van der Waals surface area contributed by atoms with Crippen molar-refractivity contribution in [2.45, 2.75) is 32.7 Å². The average molecular weight is 213 g/mol. The van der Waals surface area contributed by atoms with Crippen molar-refractivity contribution in [3.63, 3.8) is 0 Å². The normalized spacial score (nSPS) is 28.1. The van der Waals surface area contributed by atoms with Gasteiger partial charge in [0.1, 0.15) is 6.04 Å². The number of hydrogen-bond donors (Lipinski definition) is 3. The summed E-state index contributed by atoms with van der Waals surface area (Å²) in [6.07, 6.45) is 1.83. The van der Waals surface area contributed by atoms with E-state index in [-0.39, 0.29) is 5.91 Å². The van der Waals surface area contributed by atoms with Crippen molar-refractivity contribution in [1.82, 2.24) is 10.6 Å². The Morgan fingerprint density at radius 3 is 2.67 bits per heavy atom. The molecule has 0 bridgehead atoms. The molecule has 0 aromatic rings. The van der Waals surface area contributed by atoms with Crippen LogP contribution in [-0.2, 0) is 9.59 Å². The summed E-state index contributed by atoms with van der Waals surface area (Å²) in [6.45, 7) is 5.11. The number of primary amides is 1. The second-order valence-corrected chi connectivity index (χ2v) is 4.44. The first-order valence-electron chi connectivity index (χ1n) is 5.27. The van der Waals surface area contributed by atoms with Gasteiger partial charge < -0.3 is 16.4 Å². The highest BCUT2D eigenvalue weighted by Crippen LogP contribution is 2.25. The quantitative estimate of drug-likeness (QED) is 0.583. The molecule has 2 atom stereocenters. The molecule has 0 aliphatic carbocycles. The summed E-state index contributed by atoms with van der Waals surface area (Å²) in [5, 5.41) is 5.82. The summed E-state index contributed by atoms with van der Waals surface area (Å²) in [4.78, 5) is 22.7. The first-order chi connectivity index (χ1) is 6.96. The largest absolute Gasteiger partial charge is 0.368 e. The number of amides is 2. The highest BCUT2D eigenvalue weighted by Gasteiger charge is 2.35. The molecule has 2 unspecified atom stereocenters. The molecule has 0 aromatic heterocycles. The highest BCUT2D eigenvalue weighted by atomic mass is 16.2. The second kappa shape index (κ2) is 4.61. The van der Waals surface area contributed by atoms with Crippen molar-refractivity contribution in [2.24, 2.45) is 11.1 Å². The molecule has 1 fully saturated rings. The Balaban J connectivity index is 2.55. The lowest BCUT2D eigenvalue weighted by Gasteiger charge is -2.33. The van der Waals surface area contributed by atoms with Crippen LogP contribution in [0.4, 0.5) is 0 Å². The van der Waals surface area contributed by atoms with Crippen LogP contribution in [0.1, 0.15) is 26.7 Å². The Morgan fingerprint density at radius 1 is 1.53 bits per heavy atom. The number of piperidine rings is 1. The molecule has 1 rings (SSSR count). The van der Waals surface area contributed by atoms with Gasteiger partial charge in [-0.05, 0) is 33.2 Å². The molecule has 1 heterocycles. The van der Waals surface area contributed by atoms with Crippen LogP contribution in [0.2, 0.25) is 0 Å². The summed E-state index contributed by atoms with van der Waals surface area (Å²) in [5.74, 6) is -0.600. The van der Waals surface area contributed by atoms with Gasteiger partial charge in [-0.25, -0.2) is 0 Å². The zero-order chi connectivity index (χ0) is 11.5. The van der Waals surface area contributed by atoms with Crippen LogP contribution in [0.15, 0.2) is 0 Å². The van der Waals surface area contributed by atoms with E-state index in [9.17, 15) is 9.59 Å². The molecule has 5 heteroatoms. The number of carbonyl (C=O) groups is 2. The monoisotopic (exact) mass is 213 g/mol. The molecular formula is C10H19N3O2. The van der Waals surface area contributed by atoms with Crippen molar-refractivity contribution in [1.29, 1.82) is 0 Å². The summed E-state index contributed by atoms with van der Waals surface area (Å²) < 4.78 is 0. The number of carbonyl (C=O) groups excluding carboxylic acids is 2. The van der Waals surface area contributed by atoms with E-state index >= 15 is 0 Å². The lowest BCUT2D eigenvalue weighted by molar-refractivity contribution is -0.134. The standard InChI is InChI=1S/C10H19N3O2/c1-7(8(11)14)13-9(15)10(2)4-3-5-12-6-10/h7,12H,3-6H2,1-2H3,(H2,11,14)(H,13,15). The van der Waals surface area contributed by atoms with Crippen LogP contribution in [0.3, 0.4) is 0 Å². The van der Waals surface area contributed by atoms with Crippen LogP contribution in [0.25, 0.3) is 0 Å². The fraction of sp³-hybridized carbons (Fsp3) is 0.800. The molecule has 1 saturated heterocycles. The number of rotatable bonds is 3. The molecule has 0 radical (unpaired) electrons. The molecule has 0 aromatic carbocycles. The molecule has 4 N–H and O–H groups in total. The number of nitrogens with one attached hydrogen (secondary N) is 2. The summed E-state index contributed by atoms with van der Waals surface area (Å²) in [5.41, 5.74) is 4.67. The molecule has 1 aliphatic rings. The van der Waals surface area contributed by atoms with E-state index in [1.165, 1.54) is 0 Å². The molecule has 15 heavy (non-hydrogen) atoms.